The van der Waals surface area contributed by atoms with Crippen LogP contribution in [0.2, 0.25) is 0 Å². The summed E-state index contributed by atoms with van der Waals surface area (Å²) in [5, 5.41) is 0. The van der Waals surface area contributed by atoms with Gasteiger partial charge in [0.15, 0.2) is 0 Å². The van der Waals surface area contributed by atoms with Gasteiger partial charge in [-0.05, 0) is 37.1 Å². The number of benzene rings is 1. The van der Waals surface area contributed by atoms with Crippen LogP contribution in [0.1, 0.15) is 18.9 Å². The second-order valence-electron chi connectivity index (χ2n) is 4.26. The van der Waals surface area contributed by atoms with Crippen molar-refractivity contribution in [3.8, 4) is 5.75 Å². The van der Waals surface area contributed by atoms with Crippen molar-refractivity contribution in [1.82, 2.24) is 0 Å². The number of rotatable bonds is 3. The van der Waals surface area contributed by atoms with E-state index in [1.807, 2.05) is 25.1 Å². The highest BCUT2D eigenvalue weighted by molar-refractivity contribution is 5.85. The number of carbonyl (C=O) groups is 1. The van der Waals surface area contributed by atoms with Crippen LogP contribution in [-0.2, 0) is 16.0 Å². The van der Waals surface area contributed by atoms with E-state index in [4.69, 9.17) is 15.2 Å². The van der Waals surface area contributed by atoms with Crippen LogP contribution in [0.4, 0.5) is 5.69 Å². The first-order chi connectivity index (χ1) is 8.19. The Balaban J connectivity index is 0.00000162. The summed E-state index contributed by atoms with van der Waals surface area (Å²) in [4.78, 5) is 11.4. The number of hydrogen-bond donors (Lipinski definition) is 1. The van der Waals surface area contributed by atoms with E-state index in [2.05, 4.69) is 0 Å². The van der Waals surface area contributed by atoms with Gasteiger partial charge in [-0.2, -0.15) is 0 Å². The van der Waals surface area contributed by atoms with E-state index in [-0.39, 0.29) is 24.3 Å². The van der Waals surface area contributed by atoms with Crippen molar-refractivity contribution in [3.63, 3.8) is 0 Å². The van der Waals surface area contributed by atoms with E-state index >= 15 is 0 Å². The minimum atomic E-state index is -0.159. The molecule has 1 heterocycles. The standard InChI is InChI=1S/C13H17NO3.ClH/c1-2-16-13(15)6-9-5-10-7-11(14)3-4-12(10)17-8-9;/h3-4,7,9H,2,5-6,8,14H2,1H3;1H. The predicted molar refractivity (Wildman–Crippen MR) is 72.0 cm³/mol. The molecule has 0 radical (unpaired) electrons. The van der Waals surface area contributed by atoms with Crippen LogP contribution in [0.15, 0.2) is 18.2 Å². The molecule has 2 N–H and O–H groups in total. The van der Waals surface area contributed by atoms with Crippen molar-refractivity contribution in [2.75, 3.05) is 18.9 Å². The fraction of sp³-hybridized carbons (Fsp3) is 0.462. The van der Waals surface area contributed by atoms with Crippen molar-refractivity contribution in [3.05, 3.63) is 23.8 Å². The minimum Gasteiger partial charge on any atom is -0.493 e. The number of ether oxygens (including phenoxy) is 2. The third kappa shape index (κ3) is 3.53. The number of halogens is 1. The first-order valence-electron chi connectivity index (χ1n) is 5.86. The Morgan fingerprint density at radius 2 is 2.33 bits per heavy atom. The molecule has 1 unspecified atom stereocenters. The number of fused-ring (bicyclic) bond motifs is 1. The Labute approximate surface area is 113 Å². The molecule has 5 heteroatoms. The second kappa shape index (κ2) is 6.50. The highest BCUT2D eigenvalue weighted by Gasteiger charge is 2.22. The third-order valence-electron chi connectivity index (χ3n) is 2.83. The van der Waals surface area contributed by atoms with Gasteiger partial charge in [0.1, 0.15) is 5.75 Å². The van der Waals surface area contributed by atoms with E-state index in [1.165, 1.54) is 0 Å². The summed E-state index contributed by atoms with van der Waals surface area (Å²) in [5.41, 5.74) is 7.53. The fourth-order valence-electron chi connectivity index (χ4n) is 2.06. The molecule has 1 atom stereocenters. The maximum atomic E-state index is 11.4. The molecular formula is C13H18ClNO3. The molecule has 18 heavy (non-hydrogen) atoms. The zero-order valence-electron chi connectivity index (χ0n) is 10.3. The Morgan fingerprint density at radius 1 is 1.56 bits per heavy atom. The van der Waals surface area contributed by atoms with Crippen molar-refractivity contribution >= 4 is 24.1 Å². The van der Waals surface area contributed by atoms with Gasteiger partial charge in [0.05, 0.1) is 19.6 Å². The number of hydrogen-bond acceptors (Lipinski definition) is 4. The Kier molecular flexibility index (Phi) is 5.28. The maximum absolute atomic E-state index is 11.4. The van der Waals surface area contributed by atoms with Crippen molar-refractivity contribution in [2.24, 2.45) is 5.92 Å². The van der Waals surface area contributed by atoms with Gasteiger partial charge in [-0.15, -0.1) is 12.4 Å². The van der Waals surface area contributed by atoms with Crippen LogP contribution >= 0.6 is 12.4 Å². The second-order valence-corrected chi connectivity index (χ2v) is 4.26. The zero-order chi connectivity index (χ0) is 12.3. The van der Waals surface area contributed by atoms with E-state index in [1.54, 1.807) is 0 Å². The molecule has 0 bridgehead atoms. The highest BCUT2D eigenvalue weighted by atomic mass is 35.5. The quantitative estimate of drug-likeness (QED) is 0.676. The summed E-state index contributed by atoms with van der Waals surface area (Å²) in [5.74, 6) is 0.899. The van der Waals surface area contributed by atoms with E-state index in [0.29, 0.717) is 19.6 Å². The molecule has 1 aliphatic heterocycles. The Hall–Kier alpha value is -1.42. The van der Waals surface area contributed by atoms with Gasteiger partial charge in [-0.25, -0.2) is 0 Å². The van der Waals surface area contributed by atoms with Crippen LogP contribution < -0.4 is 10.5 Å². The van der Waals surface area contributed by atoms with Gasteiger partial charge in [0.2, 0.25) is 0 Å². The largest absolute Gasteiger partial charge is 0.493 e. The van der Waals surface area contributed by atoms with Crippen LogP contribution in [0.5, 0.6) is 5.75 Å². The van der Waals surface area contributed by atoms with Crippen molar-refractivity contribution in [2.45, 2.75) is 19.8 Å². The summed E-state index contributed by atoms with van der Waals surface area (Å²) >= 11 is 0. The summed E-state index contributed by atoms with van der Waals surface area (Å²) in [6.45, 7) is 2.80. The lowest BCUT2D eigenvalue weighted by Gasteiger charge is -2.24. The average Bonchev–Trinajstić information content (AvgIpc) is 2.28. The van der Waals surface area contributed by atoms with Gasteiger partial charge in [-0.1, -0.05) is 0 Å². The number of anilines is 1. The first-order valence-corrected chi connectivity index (χ1v) is 5.86. The third-order valence-corrected chi connectivity index (χ3v) is 2.83. The molecule has 0 aromatic heterocycles. The molecule has 1 aliphatic rings. The SMILES string of the molecule is CCOC(=O)CC1COc2ccc(N)cc2C1.Cl. The van der Waals surface area contributed by atoms with Gasteiger partial charge >= 0.3 is 5.97 Å². The lowest BCUT2D eigenvalue weighted by atomic mass is 9.94. The molecule has 1 aromatic rings. The van der Waals surface area contributed by atoms with Gasteiger partial charge in [-0.3, -0.25) is 4.79 Å². The minimum absolute atomic E-state index is 0. The van der Waals surface area contributed by atoms with Crippen LogP contribution in [-0.4, -0.2) is 19.2 Å². The lowest BCUT2D eigenvalue weighted by molar-refractivity contribution is -0.144. The predicted octanol–water partition coefficient (Wildman–Crippen LogP) is 2.19. The molecule has 0 amide bonds. The van der Waals surface area contributed by atoms with E-state index in [9.17, 15) is 4.79 Å². The van der Waals surface area contributed by atoms with Crippen molar-refractivity contribution < 1.29 is 14.3 Å². The van der Waals surface area contributed by atoms with Gasteiger partial charge in [0, 0.05) is 11.6 Å². The molecule has 100 valence electrons. The smallest absolute Gasteiger partial charge is 0.306 e. The number of nitrogen functional groups attached to an aromatic ring is 1. The molecule has 1 aromatic carbocycles. The summed E-state index contributed by atoms with van der Waals surface area (Å²) in [7, 11) is 0. The normalized spacial score (nSPS) is 17.1. The fourth-order valence-corrected chi connectivity index (χ4v) is 2.06. The zero-order valence-corrected chi connectivity index (χ0v) is 11.2. The number of nitrogens with two attached hydrogens (primary N) is 1. The van der Waals surface area contributed by atoms with E-state index < -0.39 is 0 Å². The summed E-state index contributed by atoms with van der Waals surface area (Å²) < 4.78 is 10.5. The molecule has 0 fully saturated rings. The molecule has 0 aliphatic carbocycles. The maximum Gasteiger partial charge on any atom is 0.306 e. The molecule has 0 saturated carbocycles. The van der Waals surface area contributed by atoms with Crippen LogP contribution in [0, 0.1) is 5.92 Å². The van der Waals surface area contributed by atoms with Crippen molar-refractivity contribution in [1.29, 1.82) is 0 Å². The molecule has 0 saturated heterocycles. The Bertz CT molecular complexity index is 423. The van der Waals surface area contributed by atoms with Crippen LogP contribution in [0.3, 0.4) is 0 Å². The first kappa shape index (κ1) is 14.6. The highest BCUT2D eigenvalue weighted by Crippen LogP contribution is 2.30. The Morgan fingerprint density at radius 3 is 3.06 bits per heavy atom. The average molecular weight is 272 g/mol. The lowest BCUT2D eigenvalue weighted by Crippen LogP contribution is -2.24. The molecule has 2 rings (SSSR count). The molecular weight excluding hydrogens is 254 g/mol. The molecule has 4 nitrogen and oxygen atoms in total. The summed E-state index contributed by atoms with van der Waals surface area (Å²) in [6, 6.07) is 5.61. The van der Waals surface area contributed by atoms with E-state index in [0.717, 1.165) is 23.4 Å². The number of carbonyl (C=O) groups excluding carboxylic acids is 1. The van der Waals surface area contributed by atoms with Crippen LogP contribution in [0.25, 0.3) is 0 Å². The molecule has 0 spiro atoms. The monoisotopic (exact) mass is 271 g/mol. The topological polar surface area (TPSA) is 61.5 Å². The number of esters is 1. The summed E-state index contributed by atoms with van der Waals surface area (Å²) in [6.07, 6.45) is 1.22. The van der Waals surface area contributed by atoms with Gasteiger partial charge < -0.3 is 15.2 Å². The van der Waals surface area contributed by atoms with Gasteiger partial charge in [0.25, 0.3) is 0 Å².